The first kappa shape index (κ1) is 26.7. The summed E-state index contributed by atoms with van der Waals surface area (Å²) in [6.07, 6.45) is 8.01. The molecule has 0 radical (unpaired) electrons. The zero-order chi connectivity index (χ0) is 25.0. The molecule has 7 heteroatoms. The molecule has 6 nitrogen and oxygen atoms in total. The van der Waals surface area contributed by atoms with Crippen molar-refractivity contribution in [1.82, 2.24) is 10.2 Å². The maximum Gasteiger partial charge on any atom is 0.257 e. The highest BCUT2D eigenvalue weighted by Crippen LogP contribution is 2.20. The monoisotopic (exact) mass is 495 g/mol. The van der Waals surface area contributed by atoms with Crippen molar-refractivity contribution in [2.45, 2.75) is 58.8 Å². The first-order valence-corrected chi connectivity index (χ1v) is 13.1. The number of rotatable bonds is 10. The van der Waals surface area contributed by atoms with Gasteiger partial charge < -0.3 is 15.0 Å². The maximum absolute atomic E-state index is 12.8. The van der Waals surface area contributed by atoms with Crippen molar-refractivity contribution in [1.29, 1.82) is 0 Å². The number of nitrogens with one attached hydrogen (secondary N) is 2. The molecule has 0 spiro atoms. The molecule has 0 saturated carbocycles. The number of carbonyl (C=O) groups excluding carboxylic acids is 2. The van der Waals surface area contributed by atoms with Gasteiger partial charge in [0, 0.05) is 29.9 Å². The number of unbranched alkanes of at least 4 members (excludes halogenated alkanes) is 4. The number of amides is 2. The lowest BCUT2D eigenvalue weighted by Crippen LogP contribution is -2.38. The lowest BCUT2D eigenvalue weighted by atomic mass is 9.98. The van der Waals surface area contributed by atoms with E-state index in [0.717, 1.165) is 38.1 Å². The minimum atomic E-state index is -0.303. The highest BCUT2D eigenvalue weighted by molar-refractivity contribution is 7.80. The first-order valence-electron chi connectivity index (χ1n) is 12.7. The second-order valence-electron chi connectivity index (χ2n) is 9.25. The molecular weight excluding hydrogens is 458 g/mol. The molecule has 0 aromatic heterocycles. The lowest BCUT2D eigenvalue weighted by Gasteiger charge is -2.30. The predicted molar refractivity (Wildman–Crippen MR) is 145 cm³/mol. The molecule has 2 N–H and O–H groups in total. The van der Waals surface area contributed by atoms with Crippen LogP contribution in [0.25, 0.3) is 0 Å². The molecule has 1 heterocycles. The predicted octanol–water partition coefficient (Wildman–Crippen LogP) is 6.03. The fraction of sp³-hybridized carbons (Fsp3) is 0.464. The summed E-state index contributed by atoms with van der Waals surface area (Å²) in [4.78, 5) is 27.3. The van der Waals surface area contributed by atoms with Crippen molar-refractivity contribution >= 4 is 34.8 Å². The molecular formula is C28H37N3O3S. The average molecular weight is 496 g/mol. The van der Waals surface area contributed by atoms with Crippen LogP contribution in [-0.4, -0.2) is 41.5 Å². The SMILES string of the molecule is CCCCCCCOc1ccc(C(=O)NC(=S)Nc2cccc(C(=O)N3CCC(C)CC3)c2)cc1. The second kappa shape index (κ2) is 13.8. The first-order chi connectivity index (χ1) is 17.0. The summed E-state index contributed by atoms with van der Waals surface area (Å²) in [5, 5.41) is 5.89. The zero-order valence-electron chi connectivity index (χ0n) is 20.8. The Morgan fingerprint density at radius 3 is 2.43 bits per heavy atom. The topological polar surface area (TPSA) is 70.7 Å². The minimum Gasteiger partial charge on any atom is -0.494 e. The summed E-state index contributed by atoms with van der Waals surface area (Å²) < 4.78 is 5.76. The quantitative estimate of drug-likeness (QED) is 0.311. The fourth-order valence-electron chi connectivity index (χ4n) is 4.06. The van der Waals surface area contributed by atoms with E-state index < -0.39 is 0 Å². The number of ether oxygens (including phenoxy) is 1. The number of thiocarbonyl (C=S) groups is 1. The molecule has 0 atom stereocenters. The second-order valence-corrected chi connectivity index (χ2v) is 9.66. The smallest absolute Gasteiger partial charge is 0.257 e. The summed E-state index contributed by atoms with van der Waals surface area (Å²) in [7, 11) is 0. The van der Waals surface area contributed by atoms with E-state index in [9.17, 15) is 9.59 Å². The van der Waals surface area contributed by atoms with Gasteiger partial charge in [0.15, 0.2) is 5.11 Å². The average Bonchev–Trinajstić information content (AvgIpc) is 2.86. The number of benzene rings is 2. The van der Waals surface area contributed by atoms with Crippen molar-refractivity contribution in [2.75, 3.05) is 25.0 Å². The van der Waals surface area contributed by atoms with E-state index in [0.29, 0.717) is 29.3 Å². The fourth-order valence-corrected chi connectivity index (χ4v) is 4.27. The van der Waals surface area contributed by atoms with Gasteiger partial charge >= 0.3 is 0 Å². The van der Waals surface area contributed by atoms with Gasteiger partial charge in [0.2, 0.25) is 0 Å². The Bertz CT molecular complexity index is 985. The largest absolute Gasteiger partial charge is 0.494 e. The molecule has 2 aromatic carbocycles. The third-order valence-electron chi connectivity index (χ3n) is 6.30. The molecule has 0 unspecified atom stereocenters. The van der Waals surface area contributed by atoms with Crippen LogP contribution >= 0.6 is 12.2 Å². The van der Waals surface area contributed by atoms with Gasteiger partial charge in [-0.05, 0) is 79.9 Å². The highest BCUT2D eigenvalue weighted by Gasteiger charge is 2.21. The Morgan fingerprint density at radius 2 is 1.71 bits per heavy atom. The molecule has 0 bridgehead atoms. The van der Waals surface area contributed by atoms with E-state index in [1.807, 2.05) is 23.1 Å². The molecule has 1 aliphatic heterocycles. The van der Waals surface area contributed by atoms with Crippen molar-refractivity contribution < 1.29 is 14.3 Å². The lowest BCUT2D eigenvalue weighted by molar-refractivity contribution is 0.0697. The molecule has 188 valence electrons. The number of hydrogen-bond acceptors (Lipinski definition) is 4. The summed E-state index contributed by atoms with van der Waals surface area (Å²) in [6.45, 7) is 6.68. The Balaban J connectivity index is 1.46. The Morgan fingerprint density at radius 1 is 1.00 bits per heavy atom. The standard InChI is InChI=1S/C28H37N3O3S/c1-3-4-5-6-7-19-34-25-13-11-22(12-14-25)26(32)30-28(35)29-24-10-8-9-23(20-24)27(33)31-17-15-21(2)16-18-31/h8-14,20-21H,3-7,15-19H2,1-2H3,(H2,29,30,32,35). The molecule has 2 aromatic rings. The summed E-state index contributed by atoms with van der Waals surface area (Å²) in [5.74, 6) is 1.14. The van der Waals surface area contributed by atoms with E-state index in [2.05, 4.69) is 24.5 Å². The van der Waals surface area contributed by atoms with Crippen LogP contribution in [0, 0.1) is 5.92 Å². The molecule has 1 fully saturated rings. The number of anilines is 1. The number of piperidine rings is 1. The third-order valence-corrected chi connectivity index (χ3v) is 6.50. The van der Waals surface area contributed by atoms with Crippen molar-refractivity contribution in [3.05, 3.63) is 59.7 Å². The van der Waals surface area contributed by atoms with Crippen LogP contribution in [0.4, 0.5) is 5.69 Å². The normalized spacial score (nSPS) is 13.8. The highest BCUT2D eigenvalue weighted by atomic mass is 32.1. The molecule has 2 amide bonds. The third kappa shape index (κ3) is 8.66. The molecule has 1 aliphatic rings. The van der Waals surface area contributed by atoms with E-state index in [1.165, 1.54) is 25.7 Å². The summed E-state index contributed by atoms with van der Waals surface area (Å²) in [5.41, 5.74) is 1.77. The van der Waals surface area contributed by atoms with E-state index in [1.54, 1.807) is 30.3 Å². The van der Waals surface area contributed by atoms with Gasteiger partial charge in [-0.25, -0.2) is 0 Å². The molecule has 35 heavy (non-hydrogen) atoms. The Labute approximate surface area is 214 Å². The van der Waals surface area contributed by atoms with Gasteiger partial charge in [0.25, 0.3) is 11.8 Å². The van der Waals surface area contributed by atoms with Crippen LogP contribution in [0.5, 0.6) is 5.75 Å². The molecule has 1 saturated heterocycles. The van der Waals surface area contributed by atoms with Crippen LogP contribution in [0.3, 0.4) is 0 Å². The van der Waals surface area contributed by atoms with E-state index in [4.69, 9.17) is 17.0 Å². The van der Waals surface area contributed by atoms with Crippen LogP contribution in [-0.2, 0) is 0 Å². The number of carbonyl (C=O) groups is 2. The van der Waals surface area contributed by atoms with Gasteiger partial charge in [-0.15, -0.1) is 0 Å². The van der Waals surface area contributed by atoms with E-state index in [-0.39, 0.29) is 16.9 Å². The van der Waals surface area contributed by atoms with Gasteiger partial charge in [-0.2, -0.15) is 0 Å². The van der Waals surface area contributed by atoms with Crippen molar-refractivity contribution in [3.8, 4) is 5.75 Å². The summed E-state index contributed by atoms with van der Waals surface area (Å²) in [6, 6.07) is 14.3. The Hall–Kier alpha value is -2.93. The van der Waals surface area contributed by atoms with Crippen LogP contribution in [0.1, 0.15) is 79.5 Å². The van der Waals surface area contributed by atoms with Crippen molar-refractivity contribution in [2.24, 2.45) is 5.92 Å². The minimum absolute atomic E-state index is 0.0266. The van der Waals surface area contributed by atoms with Crippen LogP contribution in [0.2, 0.25) is 0 Å². The molecule has 3 rings (SSSR count). The number of hydrogen-bond donors (Lipinski definition) is 2. The van der Waals surface area contributed by atoms with Gasteiger partial charge in [-0.3, -0.25) is 14.9 Å². The van der Waals surface area contributed by atoms with Gasteiger partial charge in [0.1, 0.15) is 5.75 Å². The van der Waals surface area contributed by atoms with Gasteiger partial charge in [0.05, 0.1) is 6.61 Å². The maximum atomic E-state index is 12.8. The van der Waals surface area contributed by atoms with Crippen LogP contribution in [0.15, 0.2) is 48.5 Å². The van der Waals surface area contributed by atoms with Gasteiger partial charge in [-0.1, -0.05) is 45.6 Å². The van der Waals surface area contributed by atoms with Crippen molar-refractivity contribution in [3.63, 3.8) is 0 Å². The molecule has 0 aliphatic carbocycles. The van der Waals surface area contributed by atoms with E-state index >= 15 is 0 Å². The number of likely N-dealkylation sites (tertiary alicyclic amines) is 1. The Kier molecular flexibility index (Phi) is 10.5. The summed E-state index contributed by atoms with van der Waals surface area (Å²) >= 11 is 5.32. The van der Waals surface area contributed by atoms with Crippen LogP contribution < -0.4 is 15.4 Å². The zero-order valence-corrected chi connectivity index (χ0v) is 21.7. The number of nitrogens with zero attached hydrogens (tertiary/aromatic N) is 1.